The van der Waals surface area contributed by atoms with Gasteiger partial charge in [0.1, 0.15) is 17.9 Å². The van der Waals surface area contributed by atoms with Gasteiger partial charge in [0.05, 0.1) is 16.4 Å². The van der Waals surface area contributed by atoms with Crippen LogP contribution in [0.15, 0.2) is 0 Å². The fourth-order valence-electron chi connectivity index (χ4n) is 3.32. The molecule has 2 atom stereocenters. The highest BCUT2D eigenvalue weighted by Gasteiger charge is 2.37. The Labute approximate surface area is 147 Å². The van der Waals surface area contributed by atoms with Crippen molar-refractivity contribution in [2.45, 2.75) is 59.2 Å². The monoisotopic (exact) mass is 372 g/mol. The molecule has 0 bridgehead atoms. The first-order chi connectivity index (χ1) is 11.6. The highest BCUT2D eigenvalue weighted by atomic mass is 32.2. The van der Waals surface area contributed by atoms with Crippen molar-refractivity contribution in [3.05, 3.63) is 21.5 Å². The van der Waals surface area contributed by atoms with Gasteiger partial charge in [-0.05, 0) is 33.6 Å². The summed E-state index contributed by atoms with van der Waals surface area (Å²) in [5.41, 5.74) is 0.485. The van der Waals surface area contributed by atoms with Gasteiger partial charge >= 0.3 is 5.69 Å². The average molecular weight is 372 g/mol. The van der Waals surface area contributed by atoms with Gasteiger partial charge in [-0.2, -0.15) is 5.10 Å². The maximum absolute atomic E-state index is 12.9. The molecular weight excluding hydrogens is 348 g/mol. The van der Waals surface area contributed by atoms with Crippen LogP contribution in [-0.4, -0.2) is 57.5 Å². The number of aryl methyl sites for hydroxylation is 1. The van der Waals surface area contributed by atoms with E-state index in [-0.39, 0.29) is 47.4 Å². The van der Waals surface area contributed by atoms with E-state index in [1.807, 2.05) is 13.8 Å². The van der Waals surface area contributed by atoms with Crippen molar-refractivity contribution in [1.82, 2.24) is 14.7 Å². The summed E-state index contributed by atoms with van der Waals surface area (Å²) in [5.74, 6) is -0.208. The minimum Gasteiger partial charge on any atom is -0.334 e. The fourth-order valence-corrected chi connectivity index (χ4v) is 5.03. The topological polar surface area (TPSA) is 115 Å². The third-order valence-electron chi connectivity index (χ3n) is 4.77. The van der Waals surface area contributed by atoms with E-state index in [1.165, 1.54) is 11.6 Å². The van der Waals surface area contributed by atoms with Crippen LogP contribution in [0.4, 0.5) is 5.69 Å². The van der Waals surface area contributed by atoms with Crippen molar-refractivity contribution >= 4 is 21.4 Å². The van der Waals surface area contributed by atoms with E-state index in [2.05, 4.69) is 5.10 Å². The van der Waals surface area contributed by atoms with Gasteiger partial charge in [0.15, 0.2) is 9.84 Å². The summed E-state index contributed by atoms with van der Waals surface area (Å²) >= 11 is 0. The van der Waals surface area contributed by atoms with E-state index in [0.717, 1.165) is 0 Å². The van der Waals surface area contributed by atoms with E-state index < -0.39 is 14.8 Å². The lowest BCUT2D eigenvalue weighted by Crippen LogP contribution is -2.48. The number of hydrogen-bond donors (Lipinski definition) is 0. The molecule has 2 unspecified atom stereocenters. The minimum atomic E-state index is -3.12. The van der Waals surface area contributed by atoms with Crippen molar-refractivity contribution in [3.63, 3.8) is 0 Å². The third kappa shape index (κ3) is 4.00. The van der Waals surface area contributed by atoms with E-state index in [4.69, 9.17) is 0 Å². The highest BCUT2D eigenvalue weighted by Crippen LogP contribution is 2.24. The van der Waals surface area contributed by atoms with Crippen LogP contribution in [0.5, 0.6) is 0 Å². The molecular formula is C15H24N4O5S. The second-order valence-electron chi connectivity index (χ2n) is 6.55. The molecule has 1 aromatic rings. The minimum absolute atomic E-state index is 0.0274. The normalized spacial score (nSPS) is 20.4. The molecule has 1 aromatic heterocycles. The largest absolute Gasteiger partial charge is 0.334 e. The van der Waals surface area contributed by atoms with Crippen LogP contribution in [0.3, 0.4) is 0 Å². The van der Waals surface area contributed by atoms with Crippen LogP contribution < -0.4 is 0 Å². The predicted molar refractivity (Wildman–Crippen MR) is 92.0 cm³/mol. The molecule has 0 spiro atoms. The van der Waals surface area contributed by atoms with E-state index >= 15 is 0 Å². The number of hydrogen-bond acceptors (Lipinski definition) is 6. The van der Waals surface area contributed by atoms with Crippen LogP contribution in [-0.2, 0) is 21.2 Å². The Bertz CT molecular complexity index is 786. The Morgan fingerprint density at radius 2 is 2.12 bits per heavy atom. The number of carbonyl (C=O) groups excluding carboxylic acids is 1. The lowest BCUT2D eigenvalue weighted by Gasteiger charge is -2.33. The molecule has 25 heavy (non-hydrogen) atoms. The SMILES string of the molecule is CCC(C)N(C(=O)Cn1nc(C)c([N+](=O)[O-])c1C)C1CCS(=O)(=O)C1. The number of aromatic nitrogens is 2. The van der Waals surface area contributed by atoms with Crippen LogP contribution >= 0.6 is 0 Å². The first-order valence-corrected chi connectivity index (χ1v) is 10.1. The molecule has 1 amide bonds. The van der Waals surface area contributed by atoms with Crippen LogP contribution in [0.1, 0.15) is 38.1 Å². The molecule has 0 radical (unpaired) electrons. The zero-order chi connectivity index (χ0) is 18.9. The standard InChI is InChI=1S/C15H24N4O5S/c1-5-10(2)18(13-6-7-25(23,24)9-13)14(20)8-17-12(4)15(19(21)22)11(3)16-17/h10,13H,5-9H2,1-4H3. The molecule has 0 N–H and O–H groups in total. The first kappa shape index (κ1) is 19.4. The Hall–Kier alpha value is -1.97. The van der Waals surface area contributed by atoms with Gasteiger partial charge in [-0.15, -0.1) is 0 Å². The van der Waals surface area contributed by atoms with Gasteiger partial charge in [-0.3, -0.25) is 19.6 Å². The number of nitro groups is 1. The zero-order valence-electron chi connectivity index (χ0n) is 14.9. The summed E-state index contributed by atoms with van der Waals surface area (Å²) < 4.78 is 24.9. The third-order valence-corrected chi connectivity index (χ3v) is 6.52. The zero-order valence-corrected chi connectivity index (χ0v) is 15.7. The molecule has 140 valence electrons. The Balaban J connectivity index is 2.27. The van der Waals surface area contributed by atoms with Gasteiger partial charge in [0.25, 0.3) is 0 Å². The van der Waals surface area contributed by atoms with E-state index in [0.29, 0.717) is 18.5 Å². The van der Waals surface area contributed by atoms with Crippen LogP contribution in [0.25, 0.3) is 0 Å². The summed E-state index contributed by atoms with van der Waals surface area (Å²) in [7, 11) is -3.12. The highest BCUT2D eigenvalue weighted by molar-refractivity contribution is 7.91. The average Bonchev–Trinajstić information content (AvgIpc) is 2.98. The van der Waals surface area contributed by atoms with Gasteiger partial charge in [0.2, 0.25) is 5.91 Å². The molecule has 1 fully saturated rings. The fraction of sp³-hybridized carbons (Fsp3) is 0.733. The molecule has 1 aliphatic rings. The lowest BCUT2D eigenvalue weighted by molar-refractivity contribution is -0.386. The van der Waals surface area contributed by atoms with Gasteiger partial charge in [-0.25, -0.2) is 8.42 Å². The van der Waals surface area contributed by atoms with Gasteiger partial charge in [-0.1, -0.05) is 6.92 Å². The van der Waals surface area contributed by atoms with Crippen molar-refractivity contribution in [3.8, 4) is 0 Å². The van der Waals surface area contributed by atoms with Crippen LogP contribution in [0, 0.1) is 24.0 Å². The molecule has 0 saturated carbocycles. The Morgan fingerprint density at radius 1 is 1.48 bits per heavy atom. The molecule has 2 heterocycles. The lowest BCUT2D eigenvalue weighted by atomic mass is 10.1. The van der Waals surface area contributed by atoms with Crippen LogP contribution in [0.2, 0.25) is 0 Å². The van der Waals surface area contributed by atoms with Gasteiger partial charge < -0.3 is 4.90 Å². The van der Waals surface area contributed by atoms with Crippen molar-refractivity contribution in [2.75, 3.05) is 11.5 Å². The molecule has 9 nitrogen and oxygen atoms in total. The number of amides is 1. The summed E-state index contributed by atoms with van der Waals surface area (Å²) in [6.07, 6.45) is 1.12. The molecule has 1 saturated heterocycles. The second kappa shape index (κ2) is 7.11. The quantitative estimate of drug-likeness (QED) is 0.548. The molecule has 0 aromatic carbocycles. The van der Waals surface area contributed by atoms with Crippen molar-refractivity contribution in [1.29, 1.82) is 0 Å². The van der Waals surface area contributed by atoms with Gasteiger partial charge in [0, 0.05) is 12.1 Å². The smallest absolute Gasteiger partial charge is 0.312 e. The number of carbonyl (C=O) groups is 1. The summed E-state index contributed by atoms with van der Waals surface area (Å²) in [6, 6.07) is -0.461. The molecule has 2 rings (SSSR count). The first-order valence-electron chi connectivity index (χ1n) is 8.27. The van der Waals surface area contributed by atoms with Crippen molar-refractivity contribution in [2.24, 2.45) is 0 Å². The Morgan fingerprint density at radius 3 is 2.56 bits per heavy atom. The maximum Gasteiger partial charge on any atom is 0.312 e. The number of nitrogens with zero attached hydrogens (tertiary/aromatic N) is 4. The summed E-state index contributed by atoms with van der Waals surface area (Å²) in [5, 5.41) is 15.2. The number of sulfone groups is 1. The molecule has 0 aliphatic carbocycles. The summed E-state index contributed by atoms with van der Waals surface area (Å²) in [6.45, 7) is 6.76. The Kier molecular flexibility index (Phi) is 5.50. The maximum atomic E-state index is 12.9. The molecule has 1 aliphatic heterocycles. The summed E-state index contributed by atoms with van der Waals surface area (Å²) in [4.78, 5) is 25.1. The van der Waals surface area contributed by atoms with E-state index in [9.17, 15) is 23.3 Å². The molecule has 10 heteroatoms. The van der Waals surface area contributed by atoms with E-state index in [1.54, 1.807) is 11.8 Å². The predicted octanol–water partition coefficient (Wildman–Crippen LogP) is 1.22. The second-order valence-corrected chi connectivity index (χ2v) is 8.78. The number of rotatable bonds is 6. The van der Waals surface area contributed by atoms with Crippen molar-refractivity contribution < 1.29 is 18.1 Å².